The van der Waals surface area contributed by atoms with Crippen LogP contribution in [0.25, 0.3) is 0 Å². The summed E-state index contributed by atoms with van der Waals surface area (Å²) in [5.41, 5.74) is 1.20. The number of urea groups is 1. The van der Waals surface area contributed by atoms with Gasteiger partial charge in [-0.15, -0.1) is 0 Å². The SMILES string of the molecule is COc1ccc(CC[C@H](C)NC(=O)[C@H]2CNC(=O)N2)cc1. The second-order valence-electron chi connectivity index (χ2n) is 5.20. The summed E-state index contributed by atoms with van der Waals surface area (Å²) < 4.78 is 5.12. The first-order chi connectivity index (χ1) is 10.1. The Bertz CT molecular complexity index is 501. The largest absolute Gasteiger partial charge is 0.497 e. The van der Waals surface area contributed by atoms with Crippen molar-refractivity contribution in [3.05, 3.63) is 29.8 Å². The van der Waals surface area contributed by atoms with E-state index in [0.717, 1.165) is 18.6 Å². The Morgan fingerprint density at radius 2 is 2.14 bits per heavy atom. The van der Waals surface area contributed by atoms with Crippen molar-refractivity contribution >= 4 is 11.9 Å². The van der Waals surface area contributed by atoms with Crippen LogP contribution in [-0.2, 0) is 11.2 Å². The van der Waals surface area contributed by atoms with Crippen LogP contribution in [0.3, 0.4) is 0 Å². The minimum Gasteiger partial charge on any atom is -0.497 e. The van der Waals surface area contributed by atoms with E-state index < -0.39 is 6.04 Å². The van der Waals surface area contributed by atoms with Gasteiger partial charge in [-0.05, 0) is 37.5 Å². The van der Waals surface area contributed by atoms with Crippen LogP contribution in [-0.4, -0.2) is 37.7 Å². The minimum absolute atomic E-state index is 0.0529. The molecule has 0 unspecified atom stereocenters. The van der Waals surface area contributed by atoms with E-state index in [4.69, 9.17) is 4.74 Å². The van der Waals surface area contributed by atoms with E-state index in [1.165, 1.54) is 5.56 Å². The molecule has 1 aliphatic heterocycles. The number of nitrogens with one attached hydrogen (secondary N) is 3. The number of hydrogen-bond donors (Lipinski definition) is 3. The van der Waals surface area contributed by atoms with E-state index in [2.05, 4.69) is 16.0 Å². The molecule has 3 N–H and O–H groups in total. The van der Waals surface area contributed by atoms with Gasteiger partial charge in [-0.25, -0.2) is 4.79 Å². The topological polar surface area (TPSA) is 79.5 Å². The number of carbonyl (C=O) groups excluding carboxylic acids is 2. The van der Waals surface area contributed by atoms with Crippen LogP contribution in [0.15, 0.2) is 24.3 Å². The van der Waals surface area contributed by atoms with Crippen molar-refractivity contribution in [1.29, 1.82) is 0 Å². The molecule has 1 aromatic carbocycles. The van der Waals surface area contributed by atoms with Gasteiger partial charge in [0.15, 0.2) is 0 Å². The molecule has 0 aromatic heterocycles. The summed E-state index contributed by atoms with van der Waals surface area (Å²) in [6.07, 6.45) is 1.72. The number of aryl methyl sites for hydroxylation is 1. The van der Waals surface area contributed by atoms with Crippen LogP contribution in [0.2, 0.25) is 0 Å². The highest BCUT2D eigenvalue weighted by Crippen LogP contribution is 2.13. The highest BCUT2D eigenvalue weighted by atomic mass is 16.5. The molecule has 1 saturated heterocycles. The standard InChI is InChI=1S/C15H21N3O3/c1-10(17-14(19)13-9-16-15(20)18-13)3-4-11-5-7-12(21-2)8-6-11/h5-8,10,13H,3-4,9H2,1-2H3,(H,17,19)(H2,16,18,20)/t10-,13+/m0/s1. The van der Waals surface area contributed by atoms with Crippen molar-refractivity contribution in [3.63, 3.8) is 0 Å². The third kappa shape index (κ3) is 4.37. The number of benzene rings is 1. The van der Waals surface area contributed by atoms with Crippen LogP contribution in [0.4, 0.5) is 4.79 Å². The lowest BCUT2D eigenvalue weighted by atomic mass is 10.1. The maximum absolute atomic E-state index is 11.9. The first kappa shape index (κ1) is 15.2. The second kappa shape index (κ2) is 6.97. The summed E-state index contributed by atoms with van der Waals surface area (Å²) in [7, 11) is 1.64. The summed E-state index contributed by atoms with van der Waals surface area (Å²) in [4.78, 5) is 22.9. The van der Waals surface area contributed by atoms with Gasteiger partial charge in [0.25, 0.3) is 0 Å². The quantitative estimate of drug-likeness (QED) is 0.726. The Kier molecular flexibility index (Phi) is 5.03. The Morgan fingerprint density at radius 3 is 2.71 bits per heavy atom. The number of carbonyl (C=O) groups is 2. The number of methoxy groups -OCH3 is 1. The lowest BCUT2D eigenvalue weighted by molar-refractivity contribution is -0.123. The van der Waals surface area contributed by atoms with E-state index in [0.29, 0.717) is 6.54 Å². The zero-order valence-corrected chi connectivity index (χ0v) is 12.3. The second-order valence-corrected chi connectivity index (χ2v) is 5.20. The summed E-state index contributed by atoms with van der Waals surface area (Å²) >= 11 is 0. The van der Waals surface area contributed by atoms with E-state index in [-0.39, 0.29) is 18.0 Å². The van der Waals surface area contributed by atoms with E-state index in [1.54, 1.807) is 7.11 Å². The van der Waals surface area contributed by atoms with Gasteiger partial charge in [-0.1, -0.05) is 12.1 Å². The lowest BCUT2D eigenvalue weighted by Gasteiger charge is -2.16. The van der Waals surface area contributed by atoms with Gasteiger partial charge in [0.05, 0.1) is 7.11 Å². The fourth-order valence-corrected chi connectivity index (χ4v) is 2.20. The third-order valence-electron chi connectivity index (χ3n) is 3.50. The maximum atomic E-state index is 11.9. The molecule has 2 rings (SSSR count). The predicted octanol–water partition coefficient (Wildman–Crippen LogP) is 0.814. The van der Waals surface area contributed by atoms with Gasteiger partial charge in [0.2, 0.25) is 5.91 Å². The van der Waals surface area contributed by atoms with Crippen LogP contribution in [0.5, 0.6) is 5.75 Å². The van der Waals surface area contributed by atoms with Gasteiger partial charge < -0.3 is 20.7 Å². The van der Waals surface area contributed by atoms with Gasteiger partial charge in [-0.3, -0.25) is 4.79 Å². The number of rotatable bonds is 6. The molecule has 114 valence electrons. The zero-order valence-electron chi connectivity index (χ0n) is 12.3. The summed E-state index contributed by atoms with van der Waals surface area (Å²) in [5, 5.41) is 8.06. The molecule has 1 aliphatic rings. The molecule has 1 fully saturated rings. The van der Waals surface area contributed by atoms with E-state index >= 15 is 0 Å². The van der Waals surface area contributed by atoms with E-state index in [9.17, 15) is 9.59 Å². The summed E-state index contributed by atoms with van der Waals surface area (Å²) in [6.45, 7) is 2.31. The van der Waals surface area contributed by atoms with Crippen molar-refractivity contribution in [1.82, 2.24) is 16.0 Å². The smallest absolute Gasteiger partial charge is 0.315 e. The fraction of sp³-hybridized carbons (Fsp3) is 0.467. The van der Waals surface area contributed by atoms with E-state index in [1.807, 2.05) is 31.2 Å². The van der Waals surface area contributed by atoms with Gasteiger partial charge in [-0.2, -0.15) is 0 Å². The lowest BCUT2D eigenvalue weighted by Crippen LogP contribution is -2.46. The summed E-state index contributed by atoms with van der Waals surface area (Å²) in [6, 6.07) is 7.19. The monoisotopic (exact) mass is 291 g/mol. The molecule has 3 amide bonds. The molecule has 6 heteroatoms. The van der Waals surface area contributed by atoms with Crippen LogP contribution < -0.4 is 20.7 Å². The normalized spacial score (nSPS) is 18.6. The number of amides is 3. The first-order valence-corrected chi connectivity index (χ1v) is 7.06. The first-order valence-electron chi connectivity index (χ1n) is 7.06. The molecular formula is C15H21N3O3. The molecule has 0 spiro atoms. The fourth-order valence-electron chi connectivity index (χ4n) is 2.20. The van der Waals surface area contributed by atoms with Crippen LogP contribution in [0, 0.1) is 0 Å². The average molecular weight is 291 g/mol. The van der Waals surface area contributed by atoms with Crippen molar-refractivity contribution in [2.75, 3.05) is 13.7 Å². The molecule has 21 heavy (non-hydrogen) atoms. The molecule has 6 nitrogen and oxygen atoms in total. The molecule has 0 aliphatic carbocycles. The Labute approximate surface area is 124 Å². The third-order valence-corrected chi connectivity index (χ3v) is 3.50. The van der Waals surface area contributed by atoms with Crippen molar-refractivity contribution < 1.29 is 14.3 Å². The average Bonchev–Trinajstić information content (AvgIpc) is 2.92. The molecule has 1 heterocycles. The number of ether oxygens (including phenoxy) is 1. The predicted molar refractivity (Wildman–Crippen MR) is 79.2 cm³/mol. The van der Waals surface area contributed by atoms with Gasteiger partial charge in [0, 0.05) is 12.6 Å². The highest BCUT2D eigenvalue weighted by Gasteiger charge is 2.27. The highest BCUT2D eigenvalue weighted by molar-refractivity contribution is 5.90. The van der Waals surface area contributed by atoms with Gasteiger partial charge in [0.1, 0.15) is 11.8 Å². The van der Waals surface area contributed by atoms with Gasteiger partial charge >= 0.3 is 6.03 Å². The zero-order chi connectivity index (χ0) is 15.2. The van der Waals surface area contributed by atoms with Crippen molar-refractivity contribution in [2.24, 2.45) is 0 Å². The Balaban J connectivity index is 1.74. The molecule has 1 aromatic rings. The molecule has 2 atom stereocenters. The molecular weight excluding hydrogens is 270 g/mol. The summed E-state index contributed by atoms with van der Waals surface area (Å²) in [5.74, 6) is 0.695. The number of hydrogen-bond acceptors (Lipinski definition) is 3. The van der Waals surface area contributed by atoms with Crippen molar-refractivity contribution in [3.8, 4) is 5.75 Å². The molecule has 0 bridgehead atoms. The Morgan fingerprint density at radius 1 is 1.43 bits per heavy atom. The van der Waals surface area contributed by atoms with Crippen LogP contribution in [0.1, 0.15) is 18.9 Å². The maximum Gasteiger partial charge on any atom is 0.315 e. The molecule has 0 saturated carbocycles. The molecule has 0 radical (unpaired) electrons. The van der Waals surface area contributed by atoms with Crippen LogP contribution >= 0.6 is 0 Å². The Hall–Kier alpha value is -2.24. The minimum atomic E-state index is -0.471. The van der Waals surface area contributed by atoms with Crippen molar-refractivity contribution in [2.45, 2.75) is 31.8 Å².